The third kappa shape index (κ3) is 5.91. The number of rotatable bonds is 7. The van der Waals surface area contributed by atoms with Gasteiger partial charge in [0.25, 0.3) is 0 Å². The van der Waals surface area contributed by atoms with E-state index in [2.05, 4.69) is 21.2 Å². The van der Waals surface area contributed by atoms with E-state index in [9.17, 15) is 4.79 Å². The highest BCUT2D eigenvalue weighted by molar-refractivity contribution is 9.10. The van der Waals surface area contributed by atoms with Crippen LogP contribution in [0.15, 0.2) is 53.0 Å². The molecular weight excluding hydrogens is 386 g/mol. The van der Waals surface area contributed by atoms with Crippen molar-refractivity contribution in [3.05, 3.63) is 58.0 Å². The highest BCUT2D eigenvalue weighted by Gasteiger charge is 2.05. The normalized spacial score (nSPS) is 10.3. The minimum atomic E-state index is -0.0246. The summed E-state index contributed by atoms with van der Waals surface area (Å²) in [5.74, 6) is 1.89. The summed E-state index contributed by atoms with van der Waals surface area (Å²) in [5.41, 5.74) is 0.783. The first-order chi connectivity index (χ1) is 10.6. The number of hydrogen-bond donors (Lipinski definition) is 1. The Balaban J connectivity index is 1.63. The van der Waals surface area contributed by atoms with Crippen LogP contribution in [0.1, 0.15) is 0 Å². The Morgan fingerprint density at radius 1 is 1.18 bits per heavy atom. The van der Waals surface area contributed by atoms with E-state index in [0.29, 0.717) is 17.4 Å². The highest BCUT2D eigenvalue weighted by Crippen LogP contribution is 2.21. The number of hydrogen-bond acceptors (Lipinski definition) is 3. The second kappa shape index (κ2) is 9.08. The van der Waals surface area contributed by atoms with E-state index in [1.165, 1.54) is 11.8 Å². The molecule has 116 valence electrons. The van der Waals surface area contributed by atoms with Crippen molar-refractivity contribution < 1.29 is 9.53 Å². The van der Waals surface area contributed by atoms with Gasteiger partial charge in [0.2, 0.25) is 5.91 Å². The molecule has 0 saturated carbocycles. The predicted molar refractivity (Wildman–Crippen MR) is 97.0 cm³/mol. The molecule has 0 atom stereocenters. The van der Waals surface area contributed by atoms with Crippen molar-refractivity contribution in [3.8, 4) is 5.75 Å². The van der Waals surface area contributed by atoms with Crippen LogP contribution in [0.5, 0.6) is 5.75 Å². The summed E-state index contributed by atoms with van der Waals surface area (Å²) in [6.07, 6.45) is 0. The standard InChI is InChI=1S/C16H15BrClNO2S/c17-14-3-1-2-4-15(14)19-16(20)11-22-10-9-21-13-7-5-12(18)6-8-13/h1-8H,9-11H2,(H,19,20). The fourth-order valence-corrected chi connectivity index (χ4v) is 2.78. The molecule has 0 saturated heterocycles. The van der Waals surface area contributed by atoms with Crippen LogP contribution in [-0.2, 0) is 4.79 Å². The van der Waals surface area contributed by atoms with Gasteiger partial charge in [-0.25, -0.2) is 0 Å². The van der Waals surface area contributed by atoms with Gasteiger partial charge in [0, 0.05) is 15.2 Å². The summed E-state index contributed by atoms with van der Waals surface area (Å²) in [7, 11) is 0. The maximum atomic E-state index is 11.8. The van der Waals surface area contributed by atoms with Gasteiger partial charge in [-0.3, -0.25) is 4.79 Å². The minimum absolute atomic E-state index is 0.0246. The van der Waals surface area contributed by atoms with Crippen LogP contribution in [0.3, 0.4) is 0 Å². The lowest BCUT2D eigenvalue weighted by Crippen LogP contribution is -2.15. The fraction of sp³-hybridized carbons (Fsp3) is 0.188. The summed E-state index contributed by atoms with van der Waals surface area (Å²) >= 11 is 10.7. The Hall–Kier alpha value is -1.17. The smallest absolute Gasteiger partial charge is 0.234 e. The second-order valence-electron chi connectivity index (χ2n) is 4.38. The molecule has 0 unspecified atom stereocenters. The molecule has 0 radical (unpaired) electrons. The van der Waals surface area contributed by atoms with E-state index in [0.717, 1.165) is 21.7 Å². The third-order valence-electron chi connectivity index (χ3n) is 2.69. The summed E-state index contributed by atoms with van der Waals surface area (Å²) in [6.45, 7) is 0.550. The predicted octanol–water partition coefficient (Wildman–Crippen LogP) is 4.85. The van der Waals surface area contributed by atoms with Gasteiger partial charge in [-0.2, -0.15) is 0 Å². The summed E-state index contributed by atoms with van der Waals surface area (Å²) in [6, 6.07) is 14.8. The average Bonchev–Trinajstić information content (AvgIpc) is 2.51. The zero-order valence-electron chi connectivity index (χ0n) is 11.7. The lowest BCUT2D eigenvalue weighted by atomic mass is 10.3. The highest BCUT2D eigenvalue weighted by atomic mass is 79.9. The minimum Gasteiger partial charge on any atom is -0.493 e. The lowest BCUT2D eigenvalue weighted by Gasteiger charge is -2.08. The third-order valence-corrected chi connectivity index (χ3v) is 4.56. The number of amides is 1. The molecule has 0 aliphatic rings. The number of carbonyl (C=O) groups is 1. The molecule has 0 fully saturated rings. The Labute approximate surface area is 147 Å². The number of carbonyl (C=O) groups excluding carboxylic acids is 1. The summed E-state index contributed by atoms with van der Waals surface area (Å²) in [5, 5.41) is 3.55. The van der Waals surface area contributed by atoms with Crippen LogP contribution in [0, 0.1) is 0 Å². The van der Waals surface area contributed by atoms with Crippen molar-refractivity contribution in [3.63, 3.8) is 0 Å². The summed E-state index contributed by atoms with van der Waals surface area (Å²) in [4.78, 5) is 11.8. The second-order valence-corrected chi connectivity index (χ2v) is 6.78. The van der Waals surface area contributed by atoms with Gasteiger partial charge in [0.05, 0.1) is 18.0 Å². The van der Waals surface area contributed by atoms with Gasteiger partial charge in [-0.15, -0.1) is 11.8 Å². The van der Waals surface area contributed by atoms with Crippen molar-refractivity contribution in [1.82, 2.24) is 0 Å². The Bertz CT molecular complexity index is 622. The SMILES string of the molecule is O=C(CSCCOc1ccc(Cl)cc1)Nc1ccccc1Br. The Morgan fingerprint density at radius 3 is 2.64 bits per heavy atom. The van der Waals surface area contributed by atoms with Gasteiger partial charge in [-0.05, 0) is 52.3 Å². The average molecular weight is 401 g/mol. The zero-order valence-corrected chi connectivity index (χ0v) is 14.9. The molecule has 2 aromatic rings. The number of anilines is 1. The van der Waals surface area contributed by atoms with E-state index in [-0.39, 0.29) is 5.91 Å². The number of para-hydroxylation sites is 1. The van der Waals surface area contributed by atoms with E-state index >= 15 is 0 Å². The topological polar surface area (TPSA) is 38.3 Å². The van der Waals surface area contributed by atoms with Gasteiger partial charge in [-0.1, -0.05) is 23.7 Å². The maximum Gasteiger partial charge on any atom is 0.234 e. The van der Waals surface area contributed by atoms with Crippen molar-refractivity contribution in [2.75, 3.05) is 23.4 Å². The van der Waals surface area contributed by atoms with Crippen LogP contribution >= 0.6 is 39.3 Å². The van der Waals surface area contributed by atoms with Crippen LogP contribution < -0.4 is 10.1 Å². The molecule has 0 aliphatic carbocycles. The number of ether oxygens (including phenoxy) is 1. The molecule has 2 aromatic carbocycles. The fourth-order valence-electron chi connectivity index (χ4n) is 1.66. The van der Waals surface area contributed by atoms with E-state index in [1.54, 1.807) is 12.1 Å². The molecule has 0 bridgehead atoms. The first kappa shape index (κ1) is 17.2. The van der Waals surface area contributed by atoms with Crippen molar-refractivity contribution >= 4 is 50.9 Å². The van der Waals surface area contributed by atoms with Gasteiger partial charge in [0.1, 0.15) is 5.75 Å². The summed E-state index contributed by atoms with van der Waals surface area (Å²) < 4.78 is 6.44. The van der Waals surface area contributed by atoms with Gasteiger partial charge < -0.3 is 10.1 Å². The zero-order chi connectivity index (χ0) is 15.8. The molecule has 1 amide bonds. The molecule has 2 rings (SSSR count). The number of nitrogens with one attached hydrogen (secondary N) is 1. The number of thioether (sulfide) groups is 1. The number of halogens is 2. The van der Waals surface area contributed by atoms with Gasteiger partial charge >= 0.3 is 0 Å². The molecule has 1 N–H and O–H groups in total. The largest absolute Gasteiger partial charge is 0.493 e. The van der Waals surface area contributed by atoms with Crippen LogP contribution in [0.25, 0.3) is 0 Å². The first-order valence-electron chi connectivity index (χ1n) is 6.65. The van der Waals surface area contributed by atoms with Crippen molar-refractivity contribution in [2.24, 2.45) is 0 Å². The molecule has 0 aliphatic heterocycles. The first-order valence-corrected chi connectivity index (χ1v) is 8.98. The molecule has 0 spiro atoms. The van der Waals surface area contributed by atoms with Crippen LogP contribution in [-0.4, -0.2) is 24.0 Å². The van der Waals surface area contributed by atoms with Crippen LogP contribution in [0.4, 0.5) is 5.69 Å². The number of benzene rings is 2. The quantitative estimate of drug-likeness (QED) is 0.675. The van der Waals surface area contributed by atoms with Crippen molar-refractivity contribution in [1.29, 1.82) is 0 Å². The Morgan fingerprint density at radius 2 is 1.91 bits per heavy atom. The molecule has 0 heterocycles. The monoisotopic (exact) mass is 399 g/mol. The van der Waals surface area contributed by atoms with E-state index in [1.807, 2.05) is 36.4 Å². The molecule has 22 heavy (non-hydrogen) atoms. The molecular formula is C16H15BrClNO2S. The van der Waals surface area contributed by atoms with Gasteiger partial charge in [0.15, 0.2) is 0 Å². The van der Waals surface area contributed by atoms with E-state index in [4.69, 9.17) is 16.3 Å². The van der Waals surface area contributed by atoms with Crippen molar-refractivity contribution in [2.45, 2.75) is 0 Å². The maximum absolute atomic E-state index is 11.8. The lowest BCUT2D eigenvalue weighted by molar-refractivity contribution is -0.113. The van der Waals surface area contributed by atoms with Crippen LogP contribution in [0.2, 0.25) is 5.02 Å². The molecule has 0 aromatic heterocycles. The molecule has 6 heteroatoms. The Kier molecular flexibility index (Phi) is 7.09. The molecule has 3 nitrogen and oxygen atoms in total. The van der Waals surface area contributed by atoms with E-state index < -0.39 is 0 Å².